The van der Waals surface area contributed by atoms with Gasteiger partial charge in [-0.2, -0.15) is 0 Å². The van der Waals surface area contributed by atoms with E-state index in [2.05, 4.69) is 162 Å². The van der Waals surface area contributed by atoms with Gasteiger partial charge in [0.15, 0.2) is 0 Å². The third-order valence-electron chi connectivity index (χ3n) is 7.28. The average Bonchev–Trinajstić information content (AvgIpc) is 3.45. The van der Waals surface area contributed by atoms with Crippen molar-refractivity contribution in [2.24, 2.45) is 0 Å². The quantitative estimate of drug-likeness (QED) is 0.129. The molecule has 0 fully saturated rings. The van der Waals surface area contributed by atoms with E-state index in [1.807, 2.05) is 0 Å². The molecule has 6 heterocycles. The van der Waals surface area contributed by atoms with Crippen molar-refractivity contribution < 1.29 is 98.0 Å². The van der Waals surface area contributed by atoms with Crippen LogP contribution in [0.3, 0.4) is 0 Å². The highest BCUT2D eigenvalue weighted by atomic mass is 127. The zero-order valence-electron chi connectivity index (χ0n) is 29.5. The number of imidazole rings is 3. The van der Waals surface area contributed by atoms with Crippen molar-refractivity contribution in [3.8, 4) is 0 Å². The van der Waals surface area contributed by atoms with Crippen LogP contribution in [0.25, 0.3) is 0 Å². The van der Waals surface area contributed by atoms with Crippen LogP contribution in [0.15, 0.2) is 56.2 Å². The molecular formula is C27H57I3N6O3Si6. The lowest BCUT2D eigenvalue weighted by atomic mass is 10.9. The number of fused-ring (bicyclic) bond motifs is 6. The first kappa shape index (κ1) is 44.0. The Hall–Kier alpha value is 1.00. The number of aromatic nitrogens is 6. The third-order valence-corrected chi connectivity index (χ3v) is 27.3. The van der Waals surface area contributed by atoms with Crippen LogP contribution >= 0.6 is 0 Å². The summed E-state index contributed by atoms with van der Waals surface area (Å²) in [6.07, 6.45) is 26.1. The molecule has 0 radical (unpaired) electrons. The number of hydrogen-bond acceptors (Lipinski definition) is 3. The van der Waals surface area contributed by atoms with Gasteiger partial charge < -0.3 is 84.3 Å². The summed E-state index contributed by atoms with van der Waals surface area (Å²) in [5.74, 6) is 0. The lowest BCUT2D eigenvalue weighted by Gasteiger charge is -2.32. The SMILES string of the molecule is C[Si]1(C)Cn2cc[n+](c2)C[Si](C)(C)O1.C[Si]1(C)Cn2cc[n+](c2)C[Si](C)(C)O1.C[Si]1(C)Cn2cc[n+](c2)C[Si](C)(C)O1.[I-].[I-].[I-]. The van der Waals surface area contributed by atoms with Gasteiger partial charge in [0, 0.05) is 0 Å². The monoisotopic (exact) mass is 1060 g/mol. The van der Waals surface area contributed by atoms with Crippen LogP contribution in [-0.4, -0.2) is 63.6 Å². The molecule has 0 saturated carbocycles. The van der Waals surface area contributed by atoms with E-state index in [9.17, 15) is 0 Å². The van der Waals surface area contributed by atoms with Crippen molar-refractivity contribution in [1.82, 2.24) is 13.7 Å². The van der Waals surface area contributed by atoms with Gasteiger partial charge >= 0.3 is 0 Å². The van der Waals surface area contributed by atoms with Crippen LogP contribution in [0, 0.1) is 0 Å². The second kappa shape index (κ2) is 16.3. The summed E-state index contributed by atoms with van der Waals surface area (Å²) in [6.45, 7) is 27.8. The highest BCUT2D eigenvalue weighted by Gasteiger charge is 2.41. The molecule has 0 unspecified atom stereocenters. The van der Waals surface area contributed by atoms with Crippen LogP contribution in [0.1, 0.15) is 0 Å². The van der Waals surface area contributed by atoms with Crippen molar-refractivity contribution in [2.45, 2.75) is 116 Å². The maximum atomic E-state index is 6.38. The first-order chi connectivity index (χ1) is 19.1. The van der Waals surface area contributed by atoms with Crippen molar-refractivity contribution in [1.29, 1.82) is 0 Å². The van der Waals surface area contributed by atoms with Gasteiger partial charge in [-0.05, 0) is 78.6 Å². The molecule has 0 atom stereocenters. The average molecular weight is 1060 g/mol. The predicted octanol–water partition coefficient (Wildman–Crippen LogP) is -5.10. The minimum Gasteiger partial charge on any atom is -1.00 e. The van der Waals surface area contributed by atoms with Gasteiger partial charge in [-0.25, -0.2) is 27.4 Å². The number of hydrogen-bond donors (Lipinski definition) is 0. The Morgan fingerprint density at radius 2 is 0.622 bits per heavy atom. The van der Waals surface area contributed by atoms with Crippen LogP contribution in [0.2, 0.25) is 78.6 Å². The largest absolute Gasteiger partial charge is 1.00 e. The lowest BCUT2D eigenvalue weighted by molar-refractivity contribution is -0.681. The van der Waals surface area contributed by atoms with E-state index in [1.165, 1.54) is 0 Å². The van der Waals surface area contributed by atoms with Crippen molar-refractivity contribution in [2.75, 3.05) is 0 Å². The molecule has 3 aliphatic heterocycles. The molecule has 0 spiro atoms. The molecule has 0 aromatic carbocycles. The molecule has 18 heteroatoms. The Labute approximate surface area is 329 Å². The maximum absolute atomic E-state index is 6.38. The van der Waals surface area contributed by atoms with E-state index in [1.54, 1.807) is 0 Å². The lowest BCUT2D eigenvalue weighted by Crippen LogP contribution is -3.00. The normalized spacial score (nSPS) is 22.4. The summed E-state index contributed by atoms with van der Waals surface area (Å²) < 4.78 is 32.7. The van der Waals surface area contributed by atoms with E-state index in [0.29, 0.717) is 0 Å². The fraction of sp³-hybridized carbons (Fsp3) is 0.667. The zero-order chi connectivity index (χ0) is 31.2. The summed E-state index contributed by atoms with van der Waals surface area (Å²) in [5, 5.41) is 0. The Morgan fingerprint density at radius 3 is 0.844 bits per heavy atom. The fourth-order valence-electron chi connectivity index (χ4n) is 6.95. The first-order valence-electron chi connectivity index (χ1n) is 15.3. The van der Waals surface area contributed by atoms with Crippen LogP contribution < -0.4 is 85.6 Å². The molecule has 3 aromatic rings. The van der Waals surface area contributed by atoms with Gasteiger partial charge in [-0.1, -0.05) is 0 Å². The fourth-order valence-corrected chi connectivity index (χ4v) is 32.9. The van der Waals surface area contributed by atoms with Crippen molar-refractivity contribution in [3.63, 3.8) is 0 Å². The van der Waals surface area contributed by atoms with E-state index in [0.717, 1.165) is 37.0 Å². The summed E-state index contributed by atoms with van der Waals surface area (Å²) >= 11 is 0. The maximum Gasteiger partial charge on any atom is 0.243 e. The Kier molecular flexibility index (Phi) is 16.0. The highest BCUT2D eigenvalue weighted by Crippen LogP contribution is 2.20. The summed E-state index contributed by atoms with van der Waals surface area (Å²) in [7, 11) is -8.92. The van der Waals surface area contributed by atoms with Crippen molar-refractivity contribution in [3.05, 3.63) is 56.2 Å². The van der Waals surface area contributed by atoms with E-state index >= 15 is 0 Å². The second-order valence-corrected chi connectivity index (χ2v) is 41.6. The molecule has 6 rings (SSSR count). The van der Waals surface area contributed by atoms with Gasteiger partial charge in [-0.3, -0.25) is 0 Å². The predicted molar refractivity (Wildman–Crippen MR) is 182 cm³/mol. The van der Waals surface area contributed by atoms with Gasteiger partial charge in [0.05, 0.1) is 0 Å². The van der Waals surface area contributed by atoms with E-state index in [4.69, 9.17) is 12.3 Å². The minimum atomic E-state index is -1.49. The number of nitrogens with zero attached hydrogens (tertiary/aromatic N) is 6. The van der Waals surface area contributed by atoms with Gasteiger partial charge in [0.1, 0.15) is 74.2 Å². The molecule has 3 aliphatic rings. The van der Waals surface area contributed by atoms with Gasteiger partial charge in [0.25, 0.3) is 0 Å². The van der Waals surface area contributed by atoms with Crippen LogP contribution in [0.5, 0.6) is 0 Å². The summed E-state index contributed by atoms with van der Waals surface area (Å²) in [4.78, 5) is 0. The number of halogens is 3. The molecule has 0 aliphatic carbocycles. The van der Waals surface area contributed by atoms with Crippen molar-refractivity contribution >= 4 is 49.9 Å². The molecule has 9 nitrogen and oxygen atoms in total. The smallest absolute Gasteiger partial charge is 0.243 e. The number of rotatable bonds is 0. The van der Waals surface area contributed by atoms with E-state index < -0.39 is 49.9 Å². The van der Waals surface area contributed by atoms with Crippen LogP contribution in [-0.2, 0) is 49.4 Å². The summed E-state index contributed by atoms with van der Waals surface area (Å²) in [5.41, 5.74) is 0. The Balaban J connectivity index is 0.000000327. The standard InChI is InChI=1S/3C9H19N2OSi2.3HI/c3*1-13(2)8-10-5-6-11(7-10)9-14(3,4)12-13;;;/h3*5-7H,8-9H2,1-4H3;3*1H/q3*+1;;;/p-3. The summed E-state index contributed by atoms with van der Waals surface area (Å²) in [6, 6.07) is 0. The molecule has 0 N–H and O–H groups in total. The zero-order valence-corrected chi connectivity index (χ0v) is 42.0. The Morgan fingerprint density at radius 1 is 0.400 bits per heavy atom. The molecule has 45 heavy (non-hydrogen) atoms. The molecule has 0 saturated heterocycles. The van der Waals surface area contributed by atoms with Gasteiger partial charge in [0.2, 0.25) is 68.9 Å². The van der Waals surface area contributed by atoms with Gasteiger partial charge in [-0.15, -0.1) is 0 Å². The molecule has 258 valence electrons. The third kappa shape index (κ3) is 14.4. The molecule has 3 aromatic heterocycles. The van der Waals surface area contributed by atoms with E-state index in [-0.39, 0.29) is 71.9 Å². The first-order valence-corrected chi connectivity index (χ1v) is 34.0. The highest BCUT2D eigenvalue weighted by molar-refractivity contribution is 6.84. The molecular weight excluding hydrogens is 1010 g/mol. The molecule has 6 bridgehead atoms. The Bertz CT molecular complexity index is 1130. The second-order valence-electron chi connectivity index (χ2n) is 16.1. The minimum absolute atomic E-state index is 0. The molecule has 0 amide bonds. The topological polar surface area (TPSA) is 54.1 Å². The van der Waals surface area contributed by atoms with Crippen LogP contribution in [0.4, 0.5) is 0 Å².